The number of carbonyl (C=O) groups is 1. The van der Waals surface area contributed by atoms with Crippen molar-refractivity contribution in [3.8, 4) is 10.4 Å². The molecule has 1 N–H and O–H groups in total. The first-order valence-electron chi connectivity index (χ1n) is 4.55. The van der Waals surface area contributed by atoms with E-state index in [1.807, 2.05) is 0 Å². The largest absolute Gasteiger partial charge is 0.476 e. The van der Waals surface area contributed by atoms with Gasteiger partial charge in [0.2, 0.25) is 5.01 Å². The van der Waals surface area contributed by atoms with Crippen LogP contribution in [0.25, 0.3) is 10.4 Å². The molecule has 0 fully saturated rings. The second kappa shape index (κ2) is 4.02. The van der Waals surface area contributed by atoms with Crippen molar-refractivity contribution in [3.63, 3.8) is 0 Å². The highest BCUT2D eigenvalue weighted by Crippen LogP contribution is 2.31. The molecule has 0 aliphatic carbocycles. The lowest BCUT2D eigenvalue weighted by Crippen LogP contribution is -1.93. The van der Waals surface area contributed by atoms with Crippen LogP contribution >= 0.6 is 11.3 Å². The van der Waals surface area contributed by atoms with E-state index in [0.717, 1.165) is 11.3 Å². The van der Waals surface area contributed by atoms with Crippen LogP contribution in [0.3, 0.4) is 0 Å². The van der Waals surface area contributed by atoms with Gasteiger partial charge in [-0.05, 0) is 13.0 Å². The first-order valence-corrected chi connectivity index (χ1v) is 5.37. The Bertz CT molecular complexity index is 551. The summed E-state index contributed by atoms with van der Waals surface area (Å²) in [5, 5.41) is 8.78. The van der Waals surface area contributed by atoms with Crippen LogP contribution in [0.1, 0.15) is 15.5 Å². The molecule has 0 radical (unpaired) electrons. The van der Waals surface area contributed by atoms with Crippen molar-refractivity contribution in [1.82, 2.24) is 4.98 Å². The van der Waals surface area contributed by atoms with Crippen molar-refractivity contribution in [2.24, 2.45) is 0 Å². The zero-order valence-electron chi connectivity index (χ0n) is 8.40. The minimum atomic E-state index is -1.09. The molecular weight excluding hydrogens is 229 g/mol. The first kappa shape index (κ1) is 10.8. The Morgan fingerprint density at radius 2 is 2.12 bits per heavy atom. The average molecular weight is 237 g/mol. The number of thiazole rings is 1. The molecule has 3 nitrogen and oxygen atoms in total. The fourth-order valence-electron chi connectivity index (χ4n) is 1.38. The number of carboxylic acids is 1. The van der Waals surface area contributed by atoms with Gasteiger partial charge in [0.1, 0.15) is 5.82 Å². The average Bonchev–Trinajstić information content (AvgIpc) is 2.61. The number of nitrogens with zero attached hydrogens (tertiary/aromatic N) is 1. The number of benzene rings is 1. The van der Waals surface area contributed by atoms with Gasteiger partial charge >= 0.3 is 5.97 Å². The van der Waals surface area contributed by atoms with Crippen LogP contribution in [-0.2, 0) is 0 Å². The summed E-state index contributed by atoms with van der Waals surface area (Å²) in [6.45, 7) is 1.67. The van der Waals surface area contributed by atoms with E-state index in [0.29, 0.717) is 16.1 Å². The van der Waals surface area contributed by atoms with Gasteiger partial charge < -0.3 is 5.11 Å². The van der Waals surface area contributed by atoms with E-state index in [1.165, 1.54) is 6.07 Å². The predicted octanol–water partition coefficient (Wildman–Crippen LogP) is 2.96. The van der Waals surface area contributed by atoms with Crippen molar-refractivity contribution in [2.75, 3.05) is 0 Å². The van der Waals surface area contributed by atoms with Gasteiger partial charge in [-0.1, -0.05) is 18.2 Å². The van der Waals surface area contributed by atoms with Gasteiger partial charge in [-0.15, -0.1) is 11.3 Å². The Balaban J connectivity index is 2.57. The standard InChI is InChI=1S/C11H8FNO2S/c1-6-9(16-10(13-6)11(14)15)7-4-2-3-5-8(7)12/h2-5H,1H3,(H,14,15). The molecule has 82 valence electrons. The highest BCUT2D eigenvalue weighted by Gasteiger charge is 2.16. The molecule has 0 saturated carbocycles. The number of aromatic carboxylic acids is 1. The highest BCUT2D eigenvalue weighted by atomic mass is 32.1. The SMILES string of the molecule is Cc1nc(C(=O)O)sc1-c1ccccc1F. The van der Waals surface area contributed by atoms with Crippen molar-refractivity contribution in [2.45, 2.75) is 6.92 Å². The molecule has 0 bridgehead atoms. The van der Waals surface area contributed by atoms with Crippen molar-refractivity contribution < 1.29 is 14.3 Å². The van der Waals surface area contributed by atoms with E-state index < -0.39 is 5.97 Å². The summed E-state index contributed by atoms with van der Waals surface area (Å²) < 4.78 is 13.5. The normalized spacial score (nSPS) is 10.4. The quantitative estimate of drug-likeness (QED) is 0.873. The van der Waals surface area contributed by atoms with E-state index in [-0.39, 0.29) is 10.8 Å². The Hall–Kier alpha value is -1.75. The van der Waals surface area contributed by atoms with Crippen molar-refractivity contribution in [1.29, 1.82) is 0 Å². The number of hydrogen-bond donors (Lipinski definition) is 1. The molecule has 0 amide bonds. The van der Waals surface area contributed by atoms with Crippen LogP contribution in [0, 0.1) is 12.7 Å². The summed E-state index contributed by atoms with van der Waals surface area (Å²) in [5.41, 5.74) is 0.928. The maximum absolute atomic E-state index is 13.5. The fraction of sp³-hybridized carbons (Fsp3) is 0.0909. The Morgan fingerprint density at radius 1 is 1.44 bits per heavy atom. The molecule has 0 spiro atoms. The molecule has 0 unspecified atom stereocenters. The third kappa shape index (κ3) is 1.81. The Labute approximate surface area is 95.2 Å². The van der Waals surface area contributed by atoms with Gasteiger partial charge in [-0.25, -0.2) is 14.2 Å². The summed E-state index contributed by atoms with van der Waals surface area (Å²) in [7, 11) is 0. The zero-order valence-corrected chi connectivity index (χ0v) is 9.21. The molecule has 1 heterocycles. The molecule has 16 heavy (non-hydrogen) atoms. The third-order valence-corrected chi connectivity index (χ3v) is 3.28. The molecule has 0 aliphatic heterocycles. The van der Waals surface area contributed by atoms with E-state index in [1.54, 1.807) is 25.1 Å². The molecule has 0 saturated heterocycles. The molecule has 1 aromatic heterocycles. The summed E-state index contributed by atoms with van der Waals surface area (Å²) >= 11 is 0.984. The van der Waals surface area contributed by atoms with Gasteiger partial charge in [0, 0.05) is 5.56 Å². The minimum absolute atomic E-state index is 0.0178. The Morgan fingerprint density at radius 3 is 2.69 bits per heavy atom. The summed E-state index contributed by atoms with van der Waals surface area (Å²) in [6, 6.07) is 6.25. The highest BCUT2D eigenvalue weighted by molar-refractivity contribution is 7.17. The van der Waals surface area contributed by atoms with Crippen LogP contribution in [0.15, 0.2) is 24.3 Å². The summed E-state index contributed by atoms with van der Waals surface area (Å²) in [4.78, 5) is 15.2. The molecular formula is C11H8FNO2S. The topological polar surface area (TPSA) is 50.2 Å². The smallest absolute Gasteiger partial charge is 0.365 e. The van der Waals surface area contributed by atoms with Crippen LogP contribution in [0.4, 0.5) is 4.39 Å². The molecule has 2 aromatic rings. The van der Waals surface area contributed by atoms with E-state index in [2.05, 4.69) is 4.98 Å². The van der Waals surface area contributed by atoms with Crippen LogP contribution in [-0.4, -0.2) is 16.1 Å². The van der Waals surface area contributed by atoms with Gasteiger partial charge in [-0.3, -0.25) is 0 Å². The van der Waals surface area contributed by atoms with Crippen molar-refractivity contribution >= 4 is 17.3 Å². The number of halogens is 1. The number of aryl methyl sites for hydroxylation is 1. The molecule has 0 aliphatic rings. The van der Waals surface area contributed by atoms with Gasteiger partial charge in [-0.2, -0.15) is 0 Å². The van der Waals surface area contributed by atoms with E-state index in [9.17, 15) is 9.18 Å². The van der Waals surface area contributed by atoms with E-state index in [4.69, 9.17) is 5.11 Å². The summed E-state index contributed by atoms with van der Waals surface area (Å²) in [6.07, 6.45) is 0. The first-order chi connectivity index (χ1) is 7.59. The summed E-state index contributed by atoms with van der Waals surface area (Å²) in [5.74, 6) is -1.46. The number of carboxylic acid groups (broad SMARTS) is 1. The van der Waals surface area contributed by atoms with Gasteiger partial charge in [0.25, 0.3) is 0 Å². The third-order valence-electron chi connectivity index (χ3n) is 2.10. The zero-order chi connectivity index (χ0) is 11.7. The number of rotatable bonds is 2. The lowest BCUT2D eigenvalue weighted by atomic mass is 10.1. The Kier molecular flexibility index (Phi) is 2.70. The lowest BCUT2D eigenvalue weighted by Gasteiger charge is -1.99. The maximum atomic E-state index is 13.5. The van der Waals surface area contributed by atoms with Crippen LogP contribution < -0.4 is 0 Å². The maximum Gasteiger partial charge on any atom is 0.365 e. The number of aromatic nitrogens is 1. The minimum Gasteiger partial charge on any atom is -0.476 e. The fourth-order valence-corrected chi connectivity index (χ4v) is 2.32. The van der Waals surface area contributed by atoms with Gasteiger partial charge in [0.15, 0.2) is 0 Å². The predicted molar refractivity (Wildman–Crippen MR) is 59.2 cm³/mol. The van der Waals surface area contributed by atoms with Gasteiger partial charge in [0.05, 0.1) is 10.6 Å². The lowest BCUT2D eigenvalue weighted by molar-refractivity contribution is 0.0696. The van der Waals surface area contributed by atoms with Crippen LogP contribution in [0.2, 0.25) is 0 Å². The second-order valence-electron chi connectivity index (χ2n) is 3.22. The molecule has 5 heteroatoms. The number of hydrogen-bond acceptors (Lipinski definition) is 3. The van der Waals surface area contributed by atoms with Crippen LogP contribution in [0.5, 0.6) is 0 Å². The molecule has 0 atom stereocenters. The monoisotopic (exact) mass is 237 g/mol. The van der Waals surface area contributed by atoms with Crippen molar-refractivity contribution in [3.05, 3.63) is 40.8 Å². The molecule has 2 rings (SSSR count). The molecule has 1 aromatic carbocycles. The van der Waals surface area contributed by atoms with E-state index >= 15 is 0 Å². The second-order valence-corrected chi connectivity index (χ2v) is 4.22.